The average molecular weight is 445 g/mol. The molecule has 1 aromatic heterocycles. The van der Waals surface area contributed by atoms with Crippen LogP contribution in [0.15, 0.2) is 66.1 Å². The van der Waals surface area contributed by atoms with Gasteiger partial charge in [-0.1, -0.05) is 30.3 Å². The third kappa shape index (κ3) is 4.29. The average Bonchev–Trinajstić information content (AvgIpc) is 2.85. The lowest BCUT2D eigenvalue weighted by molar-refractivity contribution is 0.0633. The van der Waals surface area contributed by atoms with Gasteiger partial charge in [0.25, 0.3) is 0 Å². The van der Waals surface area contributed by atoms with Crippen molar-refractivity contribution in [2.24, 2.45) is 4.99 Å². The Balaban J connectivity index is 1.47. The van der Waals surface area contributed by atoms with E-state index in [1.54, 1.807) is 12.1 Å². The number of halogens is 1. The lowest BCUT2D eigenvalue weighted by Crippen LogP contribution is -2.49. The molecule has 2 aliphatic heterocycles. The van der Waals surface area contributed by atoms with E-state index in [1.807, 2.05) is 37.5 Å². The summed E-state index contributed by atoms with van der Waals surface area (Å²) in [4.78, 5) is 17.4. The molecule has 0 radical (unpaired) electrons. The summed E-state index contributed by atoms with van der Waals surface area (Å²) in [7, 11) is 2.05. The first-order valence-corrected chi connectivity index (χ1v) is 10.9. The van der Waals surface area contributed by atoms with Crippen LogP contribution in [0, 0.1) is 5.82 Å². The second-order valence-corrected chi connectivity index (χ2v) is 8.11. The number of rotatable bonds is 3. The van der Waals surface area contributed by atoms with Crippen molar-refractivity contribution in [1.29, 1.82) is 0 Å². The number of nitrogen functional groups attached to an aromatic ring is 1. The van der Waals surface area contributed by atoms with Crippen LogP contribution in [0.3, 0.4) is 0 Å². The van der Waals surface area contributed by atoms with Gasteiger partial charge in [-0.3, -0.25) is 4.98 Å². The summed E-state index contributed by atoms with van der Waals surface area (Å²) in [5, 5.41) is 0. The van der Waals surface area contributed by atoms with Gasteiger partial charge in [-0.15, -0.1) is 0 Å². The van der Waals surface area contributed by atoms with Crippen LogP contribution in [0.2, 0.25) is 0 Å². The molecule has 8 heteroatoms. The summed E-state index contributed by atoms with van der Waals surface area (Å²) in [6.45, 7) is 3.83. The van der Waals surface area contributed by atoms with Crippen molar-refractivity contribution in [3.63, 3.8) is 0 Å². The zero-order chi connectivity index (χ0) is 22.8. The molecule has 0 saturated carbocycles. The van der Waals surface area contributed by atoms with Gasteiger partial charge in [0.1, 0.15) is 11.6 Å². The Kier molecular flexibility index (Phi) is 5.75. The quantitative estimate of drug-likeness (QED) is 0.666. The Morgan fingerprint density at radius 1 is 0.970 bits per heavy atom. The minimum Gasteiger partial charge on any atom is -0.382 e. The monoisotopic (exact) mass is 444 g/mol. The van der Waals surface area contributed by atoms with Gasteiger partial charge in [-0.2, -0.15) is 0 Å². The molecule has 168 valence electrons. The standard InChI is InChI=1S/C25H25FN6O/c1-31-16-18(13-30-25(31)32-8-10-33-11-9-32)20-5-3-2-4-19(20)17-6-7-21(22(26)12-17)23-14-29-24(27)15-28-23/h2-7,12-15H,8-11,16H2,1H3,(H2,27,29). The minimum atomic E-state index is -0.358. The molecular weight excluding hydrogens is 419 g/mol. The number of likely N-dealkylation sites (N-methyl/N-ethyl adjacent to an activating group) is 1. The van der Waals surface area contributed by atoms with Gasteiger partial charge in [0.05, 0.1) is 31.3 Å². The number of ether oxygens (including phenoxy) is 1. The first-order chi connectivity index (χ1) is 16.1. The van der Waals surface area contributed by atoms with E-state index in [4.69, 9.17) is 15.5 Å². The normalized spacial score (nSPS) is 16.4. The van der Waals surface area contributed by atoms with E-state index in [0.29, 0.717) is 17.1 Å². The Morgan fingerprint density at radius 3 is 2.45 bits per heavy atom. The van der Waals surface area contributed by atoms with Crippen molar-refractivity contribution in [3.05, 3.63) is 72.4 Å². The second kappa shape index (κ2) is 8.99. The maximum Gasteiger partial charge on any atom is 0.201 e. The summed E-state index contributed by atoms with van der Waals surface area (Å²) >= 11 is 0. The highest BCUT2D eigenvalue weighted by molar-refractivity contribution is 5.89. The van der Waals surface area contributed by atoms with Crippen molar-refractivity contribution in [2.75, 3.05) is 45.6 Å². The molecular formula is C25H25FN6O. The van der Waals surface area contributed by atoms with Crippen LogP contribution >= 0.6 is 0 Å². The molecule has 2 N–H and O–H groups in total. The molecule has 33 heavy (non-hydrogen) atoms. The van der Waals surface area contributed by atoms with Crippen molar-refractivity contribution in [1.82, 2.24) is 19.8 Å². The van der Waals surface area contributed by atoms with Crippen LogP contribution < -0.4 is 5.73 Å². The van der Waals surface area contributed by atoms with Crippen LogP contribution in [-0.2, 0) is 4.74 Å². The van der Waals surface area contributed by atoms with E-state index in [-0.39, 0.29) is 5.82 Å². The molecule has 0 aliphatic carbocycles. The summed E-state index contributed by atoms with van der Waals surface area (Å²) in [5.74, 6) is 0.901. The number of aromatic nitrogens is 2. The summed E-state index contributed by atoms with van der Waals surface area (Å²) in [6, 6.07) is 13.2. The van der Waals surface area contributed by atoms with E-state index >= 15 is 4.39 Å². The minimum absolute atomic E-state index is 0.301. The smallest absolute Gasteiger partial charge is 0.201 e. The summed E-state index contributed by atoms with van der Waals surface area (Å²) < 4.78 is 20.5. The third-order valence-corrected chi connectivity index (χ3v) is 5.88. The lowest BCUT2D eigenvalue weighted by Gasteiger charge is -2.36. The maximum absolute atomic E-state index is 15.1. The van der Waals surface area contributed by atoms with E-state index < -0.39 is 0 Å². The lowest BCUT2D eigenvalue weighted by atomic mass is 9.93. The van der Waals surface area contributed by atoms with Gasteiger partial charge in [-0.25, -0.2) is 14.4 Å². The van der Waals surface area contributed by atoms with Crippen LogP contribution in [0.4, 0.5) is 10.2 Å². The predicted molar refractivity (Wildman–Crippen MR) is 128 cm³/mol. The molecule has 0 bridgehead atoms. The molecule has 7 nitrogen and oxygen atoms in total. The molecule has 1 fully saturated rings. The molecule has 1 saturated heterocycles. The van der Waals surface area contributed by atoms with Gasteiger partial charge < -0.3 is 20.3 Å². The molecule has 3 heterocycles. The van der Waals surface area contributed by atoms with Crippen LogP contribution in [-0.4, -0.2) is 65.6 Å². The fourth-order valence-electron chi connectivity index (χ4n) is 4.22. The second-order valence-electron chi connectivity index (χ2n) is 8.11. The van der Waals surface area contributed by atoms with E-state index in [9.17, 15) is 0 Å². The molecule has 2 aromatic carbocycles. The first kappa shape index (κ1) is 21.1. The van der Waals surface area contributed by atoms with Gasteiger partial charge in [0.2, 0.25) is 5.96 Å². The van der Waals surface area contributed by atoms with E-state index in [0.717, 1.165) is 61.1 Å². The van der Waals surface area contributed by atoms with Crippen molar-refractivity contribution >= 4 is 17.4 Å². The number of nitrogens with two attached hydrogens (primary N) is 1. The Labute approximate surface area is 192 Å². The number of anilines is 1. The number of aliphatic imine (C=N–C) groups is 1. The highest BCUT2D eigenvalue weighted by atomic mass is 19.1. The zero-order valence-corrected chi connectivity index (χ0v) is 18.4. The number of guanidine groups is 1. The number of morpholine rings is 1. The number of hydrogen-bond acceptors (Lipinski definition) is 7. The topological polar surface area (TPSA) is 79.9 Å². The van der Waals surface area contributed by atoms with Gasteiger partial charge in [0.15, 0.2) is 0 Å². The molecule has 2 aliphatic rings. The van der Waals surface area contributed by atoms with E-state index in [1.165, 1.54) is 12.4 Å². The fraction of sp³-hybridized carbons (Fsp3) is 0.240. The molecule has 0 atom stereocenters. The number of nitrogens with zero attached hydrogens (tertiary/aromatic N) is 5. The number of hydrogen-bond donors (Lipinski definition) is 1. The SMILES string of the molecule is CN1CC(c2ccccc2-c2ccc(-c3cnc(N)cn3)c(F)c2)=CN=C1N1CCOCC1. The molecule has 3 aromatic rings. The number of benzene rings is 2. The fourth-order valence-corrected chi connectivity index (χ4v) is 4.22. The third-order valence-electron chi connectivity index (χ3n) is 5.88. The molecule has 5 rings (SSSR count). The zero-order valence-electron chi connectivity index (χ0n) is 18.4. The van der Waals surface area contributed by atoms with E-state index in [2.05, 4.69) is 25.8 Å². The Morgan fingerprint density at radius 2 is 1.76 bits per heavy atom. The van der Waals surface area contributed by atoms with Crippen molar-refractivity contribution in [3.8, 4) is 22.4 Å². The van der Waals surface area contributed by atoms with Crippen molar-refractivity contribution in [2.45, 2.75) is 0 Å². The largest absolute Gasteiger partial charge is 0.382 e. The Hall–Kier alpha value is -3.78. The summed E-state index contributed by atoms with van der Waals surface area (Å²) in [5.41, 5.74) is 10.3. The van der Waals surface area contributed by atoms with Crippen molar-refractivity contribution < 1.29 is 9.13 Å². The molecule has 0 spiro atoms. The van der Waals surface area contributed by atoms with Crippen LogP contribution in [0.25, 0.3) is 28.0 Å². The predicted octanol–water partition coefficient (Wildman–Crippen LogP) is 3.51. The van der Waals surface area contributed by atoms with Crippen LogP contribution in [0.1, 0.15) is 5.56 Å². The Bertz CT molecular complexity index is 1220. The maximum atomic E-state index is 15.1. The first-order valence-electron chi connectivity index (χ1n) is 10.9. The van der Waals surface area contributed by atoms with Gasteiger partial charge in [-0.05, 0) is 34.4 Å². The highest BCUT2D eigenvalue weighted by Gasteiger charge is 2.23. The summed E-state index contributed by atoms with van der Waals surface area (Å²) in [6.07, 6.45) is 4.84. The molecule has 0 amide bonds. The van der Waals surface area contributed by atoms with Gasteiger partial charge >= 0.3 is 0 Å². The highest BCUT2D eigenvalue weighted by Crippen LogP contribution is 2.33. The molecule has 0 unspecified atom stereocenters. The van der Waals surface area contributed by atoms with Crippen LogP contribution in [0.5, 0.6) is 0 Å². The van der Waals surface area contributed by atoms with Gasteiger partial charge in [0, 0.05) is 38.4 Å².